The van der Waals surface area contributed by atoms with Crippen LogP contribution in [0.2, 0.25) is 0 Å². The van der Waals surface area contributed by atoms with E-state index in [0.29, 0.717) is 5.69 Å². The second-order valence-electron chi connectivity index (χ2n) is 4.42. The van der Waals surface area contributed by atoms with Gasteiger partial charge < -0.3 is 5.32 Å². The van der Waals surface area contributed by atoms with Crippen LogP contribution in [0.15, 0.2) is 40.8 Å². The molecule has 0 saturated heterocycles. The number of hydrogen-bond donors (Lipinski definition) is 2. The molecule has 108 valence electrons. The van der Waals surface area contributed by atoms with E-state index in [9.17, 15) is 9.59 Å². The quantitative estimate of drug-likeness (QED) is 0.519. The van der Waals surface area contributed by atoms with Crippen molar-refractivity contribution in [2.75, 3.05) is 5.32 Å². The first kappa shape index (κ1) is 14.9. The zero-order chi connectivity index (χ0) is 15.2. The van der Waals surface area contributed by atoms with Crippen molar-refractivity contribution in [3.8, 4) is 0 Å². The van der Waals surface area contributed by atoms with Crippen LogP contribution in [-0.2, 0) is 9.59 Å². The molecule has 0 aliphatic carbocycles. The maximum absolute atomic E-state index is 11.8. The Kier molecular flexibility index (Phi) is 4.84. The molecule has 5 nitrogen and oxygen atoms in total. The molecule has 0 aliphatic rings. The Balaban J connectivity index is 1.94. The predicted octanol–water partition coefficient (Wildman–Crippen LogP) is 2.45. The molecule has 0 aliphatic heterocycles. The molecule has 0 radical (unpaired) electrons. The van der Waals surface area contributed by atoms with Gasteiger partial charge in [-0.2, -0.15) is 5.10 Å². The normalized spacial score (nSPS) is 10.6. The summed E-state index contributed by atoms with van der Waals surface area (Å²) in [6, 6.07) is 9.25. The number of benzene rings is 1. The highest BCUT2D eigenvalue weighted by atomic mass is 32.1. The summed E-state index contributed by atoms with van der Waals surface area (Å²) in [5, 5.41) is 8.21. The van der Waals surface area contributed by atoms with Crippen LogP contribution < -0.4 is 10.7 Å². The van der Waals surface area contributed by atoms with Gasteiger partial charge in [0.05, 0.1) is 6.21 Å². The highest BCUT2D eigenvalue weighted by Gasteiger charge is 2.14. The van der Waals surface area contributed by atoms with Crippen molar-refractivity contribution >= 4 is 35.1 Å². The lowest BCUT2D eigenvalue weighted by Crippen LogP contribution is -2.32. The number of carbonyl (C=O) groups is 2. The number of rotatable bonds is 3. The highest BCUT2D eigenvalue weighted by Crippen LogP contribution is 2.17. The standard InChI is InChI=1S/C15H15N3O2S/c1-10-5-3-7-13(11(10)2)17-14(19)15(20)18-16-9-12-6-4-8-21-12/h3-9H,1-2H3,(H,17,19)(H,18,20)/b16-9-. The SMILES string of the molecule is Cc1cccc(NC(=O)C(=O)N/N=C\c2cccs2)c1C. The molecular weight excluding hydrogens is 286 g/mol. The minimum Gasteiger partial charge on any atom is -0.317 e. The maximum atomic E-state index is 11.8. The van der Waals surface area contributed by atoms with Crippen molar-refractivity contribution < 1.29 is 9.59 Å². The lowest BCUT2D eigenvalue weighted by Gasteiger charge is -2.09. The Morgan fingerprint density at radius 1 is 1.14 bits per heavy atom. The molecule has 0 fully saturated rings. The van der Waals surface area contributed by atoms with Crippen molar-refractivity contribution in [1.29, 1.82) is 0 Å². The van der Waals surface area contributed by atoms with E-state index < -0.39 is 11.8 Å². The monoisotopic (exact) mass is 301 g/mol. The summed E-state index contributed by atoms with van der Waals surface area (Å²) < 4.78 is 0. The first-order valence-electron chi connectivity index (χ1n) is 6.32. The van der Waals surface area contributed by atoms with Gasteiger partial charge in [0.1, 0.15) is 0 Å². The number of nitrogens with one attached hydrogen (secondary N) is 2. The molecule has 6 heteroatoms. The van der Waals surface area contributed by atoms with Gasteiger partial charge in [0.15, 0.2) is 0 Å². The third-order valence-electron chi connectivity index (χ3n) is 2.96. The summed E-state index contributed by atoms with van der Waals surface area (Å²) in [6.07, 6.45) is 1.49. The molecule has 0 saturated carbocycles. The molecule has 2 rings (SSSR count). The molecule has 1 aromatic carbocycles. The van der Waals surface area contributed by atoms with Crippen molar-refractivity contribution in [2.45, 2.75) is 13.8 Å². The summed E-state index contributed by atoms with van der Waals surface area (Å²) >= 11 is 1.49. The fourth-order valence-electron chi connectivity index (χ4n) is 1.64. The van der Waals surface area contributed by atoms with Crippen LogP contribution in [0, 0.1) is 13.8 Å². The zero-order valence-corrected chi connectivity index (χ0v) is 12.5. The van der Waals surface area contributed by atoms with Gasteiger partial charge in [-0.1, -0.05) is 18.2 Å². The molecule has 2 amide bonds. The van der Waals surface area contributed by atoms with Crippen LogP contribution >= 0.6 is 11.3 Å². The smallest absolute Gasteiger partial charge is 0.317 e. The molecule has 2 N–H and O–H groups in total. The summed E-state index contributed by atoms with van der Waals surface area (Å²) in [4.78, 5) is 24.3. The van der Waals surface area contributed by atoms with Crippen molar-refractivity contribution in [3.05, 3.63) is 51.7 Å². The Morgan fingerprint density at radius 3 is 2.67 bits per heavy atom. The zero-order valence-electron chi connectivity index (χ0n) is 11.7. The average molecular weight is 301 g/mol. The van der Waals surface area contributed by atoms with Crippen LogP contribution in [0.3, 0.4) is 0 Å². The first-order chi connectivity index (χ1) is 10.1. The van der Waals surface area contributed by atoms with Crippen LogP contribution in [0.4, 0.5) is 5.69 Å². The van der Waals surface area contributed by atoms with E-state index >= 15 is 0 Å². The van der Waals surface area contributed by atoms with Crippen molar-refractivity contribution in [3.63, 3.8) is 0 Å². The lowest BCUT2D eigenvalue weighted by molar-refractivity contribution is -0.136. The van der Waals surface area contributed by atoms with Crippen LogP contribution in [0.1, 0.15) is 16.0 Å². The third-order valence-corrected chi connectivity index (χ3v) is 3.77. The Labute approximate surface area is 126 Å². The number of nitrogens with zero attached hydrogens (tertiary/aromatic N) is 1. The largest absolute Gasteiger partial charge is 0.329 e. The molecule has 2 aromatic rings. The van der Waals surface area contributed by atoms with Gasteiger partial charge in [0, 0.05) is 10.6 Å². The van der Waals surface area contributed by atoms with E-state index in [1.807, 2.05) is 43.5 Å². The summed E-state index contributed by atoms with van der Waals surface area (Å²) in [6.45, 7) is 3.83. The van der Waals surface area contributed by atoms with Gasteiger partial charge in [-0.05, 0) is 42.5 Å². The van der Waals surface area contributed by atoms with Gasteiger partial charge in [0.2, 0.25) is 0 Å². The van der Waals surface area contributed by atoms with Crippen molar-refractivity contribution in [1.82, 2.24) is 5.43 Å². The van der Waals surface area contributed by atoms with Crippen LogP contribution in [0.5, 0.6) is 0 Å². The molecule has 1 heterocycles. The number of hydrazone groups is 1. The molecule has 0 atom stereocenters. The van der Waals surface area contributed by atoms with Crippen LogP contribution in [-0.4, -0.2) is 18.0 Å². The van der Waals surface area contributed by atoms with Gasteiger partial charge in [-0.25, -0.2) is 5.43 Å². The highest BCUT2D eigenvalue weighted by molar-refractivity contribution is 7.11. The molecular formula is C15H15N3O2S. The number of anilines is 1. The topological polar surface area (TPSA) is 70.6 Å². The maximum Gasteiger partial charge on any atom is 0.329 e. The number of aryl methyl sites for hydroxylation is 1. The van der Waals surface area contributed by atoms with Crippen LogP contribution in [0.25, 0.3) is 0 Å². The number of thiophene rings is 1. The Hall–Kier alpha value is -2.47. The number of amides is 2. The summed E-state index contributed by atoms with van der Waals surface area (Å²) in [5.41, 5.74) is 4.80. The molecule has 0 unspecified atom stereocenters. The average Bonchev–Trinajstić information content (AvgIpc) is 2.97. The van der Waals surface area contributed by atoms with E-state index in [2.05, 4.69) is 15.8 Å². The van der Waals surface area contributed by atoms with Gasteiger partial charge in [0.25, 0.3) is 0 Å². The van der Waals surface area contributed by atoms with Gasteiger partial charge in [-0.15, -0.1) is 11.3 Å². The summed E-state index contributed by atoms with van der Waals surface area (Å²) in [5.74, 6) is -1.55. The Morgan fingerprint density at radius 2 is 1.95 bits per heavy atom. The number of hydrogen-bond acceptors (Lipinski definition) is 4. The Bertz CT molecular complexity index is 678. The second-order valence-corrected chi connectivity index (χ2v) is 5.40. The predicted molar refractivity (Wildman–Crippen MR) is 84.6 cm³/mol. The van der Waals surface area contributed by atoms with Gasteiger partial charge >= 0.3 is 11.8 Å². The van der Waals surface area contributed by atoms with E-state index in [-0.39, 0.29) is 0 Å². The van der Waals surface area contributed by atoms with E-state index in [0.717, 1.165) is 16.0 Å². The van der Waals surface area contributed by atoms with Gasteiger partial charge in [-0.3, -0.25) is 9.59 Å². The van der Waals surface area contributed by atoms with E-state index in [1.54, 1.807) is 6.07 Å². The number of carbonyl (C=O) groups excluding carboxylic acids is 2. The first-order valence-corrected chi connectivity index (χ1v) is 7.20. The lowest BCUT2D eigenvalue weighted by atomic mass is 10.1. The third kappa shape index (κ3) is 4.00. The second kappa shape index (κ2) is 6.81. The fourth-order valence-corrected chi connectivity index (χ4v) is 2.22. The van der Waals surface area contributed by atoms with E-state index in [4.69, 9.17) is 0 Å². The minimum absolute atomic E-state index is 0.623. The molecule has 21 heavy (non-hydrogen) atoms. The molecule has 0 spiro atoms. The molecule has 1 aromatic heterocycles. The fraction of sp³-hybridized carbons (Fsp3) is 0.133. The minimum atomic E-state index is -0.802. The van der Waals surface area contributed by atoms with Crippen molar-refractivity contribution in [2.24, 2.45) is 5.10 Å². The summed E-state index contributed by atoms with van der Waals surface area (Å²) in [7, 11) is 0. The van der Waals surface area contributed by atoms with E-state index in [1.165, 1.54) is 17.6 Å². The molecule has 0 bridgehead atoms.